The van der Waals surface area contributed by atoms with Crippen LogP contribution >= 0.6 is 0 Å². The smallest absolute Gasteiger partial charge is 0.153 e. The van der Waals surface area contributed by atoms with Crippen LogP contribution in [-0.4, -0.2) is 5.78 Å². The van der Waals surface area contributed by atoms with Crippen molar-refractivity contribution < 1.29 is 4.79 Å². The van der Waals surface area contributed by atoms with Crippen molar-refractivity contribution in [3.05, 3.63) is 0 Å². The molecule has 2 aliphatic rings. The van der Waals surface area contributed by atoms with Crippen molar-refractivity contribution in [3.8, 4) is 6.07 Å². The van der Waals surface area contributed by atoms with E-state index >= 15 is 0 Å². The zero-order valence-corrected chi connectivity index (χ0v) is 7.99. The van der Waals surface area contributed by atoms with Crippen molar-refractivity contribution in [1.82, 2.24) is 0 Å². The molecule has 3 atom stereocenters. The summed E-state index contributed by atoms with van der Waals surface area (Å²) in [6.07, 6.45) is 4.16. The van der Waals surface area contributed by atoms with E-state index in [-0.39, 0.29) is 17.6 Å². The van der Waals surface area contributed by atoms with Gasteiger partial charge < -0.3 is 0 Å². The van der Waals surface area contributed by atoms with Crippen molar-refractivity contribution in [1.29, 1.82) is 5.26 Å². The van der Waals surface area contributed by atoms with Gasteiger partial charge in [0.05, 0.1) is 6.07 Å². The normalized spacial score (nSPS) is 37.7. The molecule has 0 saturated heterocycles. The number of ketones is 1. The van der Waals surface area contributed by atoms with Gasteiger partial charge in [-0.1, -0.05) is 6.92 Å². The molecule has 2 aliphatic carbocycles. The molecule has 13 heavy (non-hydrogen) atoms. The van der Waals surface area contributed by atoms with Crippen molar-refractivity contribution in [2.75, 3.05) is 0 Å². The van der Waals surface area contributed by atoms with E-state index in [1.54, 1.807) is 0 Å². The summed E-state index contributed by atoms with van der Waals surface area (Å²) >= 11 is 0. The van der Waals surface area contributed by atoms with Crippen molar-refractivity contribution in [2.45, 2.75) is 32.6 Å². The van der Waals surface area contributed by atoms with Gasteiger partial charge in [-0.15, -0.1) is 0 Å². The Morgan fingerprint density at radius 3 is 2.54 bits per heavy atom. The maximum Gasteiger partial charge on any atom is 0.153 e. The molecule has 0 heterocycles. The van der Waals surface area contributed by atoms with Gasteiger partial charge in [0.2, 0.25) is 0 Å². The second-order valence-electron chi connectivity index (χ2n) is 4.42. The maximum absolute atomic E-state index is 11.8. The highest BCUT2D eigenvalue weighted by atomic mass is 16.1. The summed E-state index contributed by atoms with van der Waals surface area (Å²) in [6, 6.07) is 2.11. The lowest BCUT2D eigenvalue weighted by atomic mass is 9.89. The number of nitrogens with zero attached hydrogens (tertiary/aromatic N) is 1. The highest BCUT2D eigenvalue weighted by Crippen LogP contribution is 2.54. The average molecular weight is 177 g/mol. The Morgan fingerprint density at radius 1 is 1.46 bits per heavy atom. The minimum atomic E-state index is -0.331. The first-order valence-electron chi connectivity index (χ1n) is 5.19. The van der Waals surface area contributed by atoms with E-state index in [1.807, 2.05) is 6.92 Å². The Balaban J connectivity index is 1.93. The van der Waals surface area contributed by atoms with Gasteiger partial charge in [-0.2, -0.15) is 5.26 Å². The largest absolute Gasteiger partial charge is 0.298 e. The van der Waals surface area contributed by atoms with Gasteiger partial charge in [0.1, 0.15) is 5.92 Å². The van der Waals surface area contributed by atoms with Crippen LogP contribution < -0.4 is 0 Å². The summed E-state index contributed by atoms with van der Waals surface area (Å²) in [5, 5.41) is 8.76. The van der Waals surface area contributed by atoms with Gasteiger partial charge in [-0.3, -0.25) is 4.79 Å². The van der Waals surface area contributed by atoms with Crippen LogP contribution in [0.4, 0.5) is 0 Å². The molecule has 2 fully saturated rings. The molecule has 2 heteroatoms. The summed E-state index contributed by atoms with van der Waals surface area (Å²) in [5.74, 6) is 1.79. The summed E-state index contributed by atoms with van der Waals surface area (Å²) in [7, 11) is 0. The second-order valence-corrected chi connectivity index (χ2v) is 4.42. The van der Waals surface area contributed by atoms with Gasteiger partial charge in [0.25, 0.3) is 0 Å². The van der Waals surface area contributed by atoms with E-state index in [0.717, 1.165) is 24.7 Å². The van der Waals surface area contributed by atoms with E-state index in [4.69, 9.17) is 5.26 Å². The minimum Gasteiger partial charge on any atom is -0.298 e. The van der Waals surface area contributed by atoms with Crippen LogP contribution in [0, 0.1) is 35.0 Å². The Hall–Kier alpha value is -0.840. The lowest BCUT2D eigenvalue weighted by molar-refractivity contribution is -0.125. The van der Waals surface area contributed by atoms with Crippen LogP contribution in [0.3, 0.4) is 0 Å². The summed E-state index contributed by atoms with van der Waals surface area (Å²) < 4.78 is 0. The lowest BCUT2D eigenvalue weighted by Crippen LogP contribution is -2.21. The zero-order valence-electron chi connectivity index (χ0n) is 7.99. The standard InChI is InChI=1S/C11H15NO/c1-2-7(6-12)11(13)10-4-8-3-9(8)5-10/h7-10H,2-5H2,1H3. The molecular weight excluding hydrogens is 162 g/mol. The zero-order chi connectivity index (χ0) is 9.42. The molecule has 0 aliphatic heterocycles. The Kier molecular flexibility index (Phi) is 2.11. The minimum absolute atomic E-state index is 0.220. The van der Waals surface area contributed by atoms with Crippen LogP contribution in [-0.2, 0) is 4.79 Å². The first-order valence-corrected chi connectivity index (χ1v) is 5.19. The molecule has 2 saturated carbocycles. The van der Waals surface area contributed by atoms with Crippen molar-refractivity contribution >= 4 is 5.78 Å². The third-order valence-corrected chi connectivity index (χ3v) is 3.55. The summed E-state index contributed by atoms with van der Waals surface area (Å²) in [5.41, 5.74) is 0. The van der Waals surface area contributed by atoms with Crippen LogP contribution in [0.5, 0.6) is 0 Å². The lowest BCUT2D eigenvalue weighted by Gasteiger charge is -2.12. The number of rotatable bonds is 3. The second kappa shape index (κ2) is 3.14. The first kappa shape index (κ1) is 8.74. The van der Waals surface area contributed by atoms with Crippen molar-refractivity contribution in [3.63, 3.8) is 0 Å². The van der Waals surface area contributed by atoms with Crippen LogP contribution in [0.25, 0.3) is 0 Å². The van der Waals surface area contributed by atoms with E-state index < -0.39 is 0 Å². The molecule has 0 aromatic heterocycles. The van der Waals surface area contributed by atoms with Crippen molar-refractivity contribution in [2.24, 2.45) is 23.7 Å². The van der Waals surface area contributed by atoms with Gasteiger partial charge in [-0.05, 0) is 37.5 Å². The monoisotopic (exact) mass is 177 g/mol. The topological polar surface area (TPSA) is 40.9 Å². The molecule has 70 valence electrons. The predicted octanol–water partition coefficient (Wildman–Crippen LogP) is 2.15. The van der Waals surface area contributed by atoms with Crippen LogP contribution in [0.2, 0.25) is 0 Å². The highest BCUT2D eigenvalue weighted by Gasteiger charge is 2.48. The molecule has 0 radical (unpaired) electrons. The number of fused-ring (bicyclic) bond motifs is 1. The number of nitriles is 1. The third kappa shape index (κ3) is 1.48. The number of carbonyl (C=O) groups excluding carboxylic acids is 1. The molecule has 0 spiro atoms. The molecule has 2 nitrogen and oxygen atoms in total. The Labute approximate surface area is 78.9 Å². The molecule has 0 bridgehead atoms. The third-order valence-electron chi connectivity index (χ3n) is 3.55. The number of Topliss-reactive ketones (excluding diaryl/α,β-unsaturated/α-hetero) is 1. The van der Waals surface area contributed by atoms with E-state index in [0.29, 0.717) is 6.42 Å². The highest BCUT2D eigenvalue weighted by molar-refractivity contribution is 5.86. The molecule has 0 aromatic carbocycles. The van der Waals surface area contributed by atoms with E-state index in [2.05, 4.69) is 6.07 Å². The Bertz CT molecular complexity index is 256. The molecule has 3 unspecified atom stereocenters. The molecule has 0 aromatic rings. The predicted molar refractivity (Wildman–Crippen MR) is 48.7 cm³/mol. The fourth-order valence-corrected chi connectivity index (χ4v) is 2.59. The van der Waals surface area contributed by atoms with Gasteiger partial charge in [0, 0.05) is 5.92 Å². The number of hydrogen-bond acceptors (Lipinski definition) is 2. The van der Waals surface area contributed by atoms with E-state index in [9.17, 15) is 4.79 Å². The van der Waals surface area contributed by atoms with Crippen LogP contribution in [0.15, 0.2) is 0 Å². The van der Waals surface area contributed by atoms with Gasteiger partial charge in [0.15, 0.2) is 5.78 Å². The van der Waals surface area contributed by atoms with Gasteiger partial charge >= 0.3 is 0 Å². The average Bonchev–Trinajstić information content (AvgIpc) is 2.75. The van der Waals surface area contributed by atoms with E-state index in [1.165, 1.54) is 6.42 Å². The molecule has 0 N–H and O–H groups in total. The summed E-state index contributed by atoms with van der Waals surface area (Å²) in [6.45, 7) is 1.92. The SMILES string of the molecule is CCC(C#N)C(=O)C1CC2CC2C1. The molecule has 2 rings (SSSR count). The maximum atomic E-state index is 11.8. The Morgan fingerprint density at radius 2 is 2.08 bits per heavy atom. The molecule has 0 amide bonds. The fraction of sp³-hybridized carbons (Fsp3) is 0.818. The van der Waals surface area contributed by atoms with Crippen LogP contribution in [0.1, 0.15) is 32.6 Å². The molecular formula is C11H15NO. The summed E-state index contributed by atoms with van der Waals surface area (Å²) in [4.78, 5) is 11.8. The fourth-order valence-electron chi connectivity index (χ4n) is 2.59. The first-order chi connectivity index (χ1) is 6.26. The number of carbonyl (C=O) groups is 1. The quantitative estimate of drug-likeness (QED) is 0.662. The van der Waals surface area contributed by atoms with Gasteiger partial charge in [-0.25, -0.2) is 0 Å². The number of hydrogen-bond donors (Lipinski definition) is 0.